The maximum absolute atomic E-state index is 11.0. The Hall–Kier alpha value is -1.26. The molecule has 106 valence electrons. The van der Waals surface area contributed by atoms with Crippen LogP contribution in [0.25, 0.3) is 0 Å². The summed E-state index contributed by atoms with van der Waals surface area (Å²) in [5.41, 5.74) is 6.11. The number of amides is 1. The molecular formula is C14H21ClN2O2. The smallest absolute Gasteiger partial charge is 0.223 e. The Kier molecular flexibility index (Phi) is 6.12. The summed E-state index contributed by atoms with van der Waals surface area (Å²) < 4.78 is 5.65. The molecule has 0 bridgehead atoms. The van der Waals surface area contributed by atoms with Gasteiger partial charge in [-0.2, -0.15) is 0 Å². The molecule has 1 aromatic rings. The third-order valence-electron chi connectivity index (χ3n) is 2.74. The number of carbonyl (C=O) groups excluding carboxylic acids is 1. The van der Waals surface area contributed by atoms with E-state index in [0.29, 0.717) is 23.4 Å². The van der Waals surface area contributed by atoms with Crippen LogP contribution in [0.5, 0.6) is 5.75 Å². The van der Waals surface area contributed by atoms with Crippen molar-refractivity contribution in [1.82, 2.24) is 5.32 Å². The van der Waals surface area contributed by atoms with Gasteiger partial charge in [0.15, 0.2) is 0 Å². The Balaban J connectivity index is 2.76. The Morgan fingerprint density at radius 3 is 2.68 bits per heavy atom. The molecule has 0 aliphatic heterocycles. The van der Waals surface area contributed by atoms with Gasteiger partial charge in [0.1, 0.15) is 5.75 Å². The zero-order chi connectivity index (χ0) is 14.4. The first-order chi connectivity index (χ1) is 8.91. The topological polar surface area (TPSA) is 64.3 Å². The second-order valence-electron chi connectivity index (χ2n) is 4.87. The minimum atomic E-state index is -0.371. The second kappa shape index (κ2) is 7.36. The van der Waals surface area contributed by atoms with Crippen molar-refractivity contribution in [2.24, 2.45) is 11.7 Å². The van der Waals surface area contributed by atoms with Crippen LogP contribution in [0.3, 0.4) is 0 Å². The molecule has 4 nitrogen and oxygen atoms in total. The first-order valence-electron chi connectivity index (χ1n) is 6.34. The average molecular weight is 285 g/mol. The SMILES string of the molecule is CC(C)NCc1c(Cl)cccc1OCC(C)C(N)=O. The molecule has 1 atom stereocenters. The van der Waals surface area contributed by atoms with E-state index in [1.165, 1.54) is 0 Å². The van der Waals surface area contributed by atoms with E-state index in [1.807, 2.05) is 18.2 Å². The third-order valence-corrected chi connectivity index (χ3v) is 3.09. The van der Waals surface area contributed by atoms with Crippen molar-refractivity contribution in [2.45, 2.75) is 33.4 Å². The molecule has 0 fully saturated rings. The molecular weight excluding hydrogens is 264 g/mol. The first-order valence-corrected chi connectivity index (χ1v) is 6.72. The fourth-order valence-corrected chi connectivity index (χ4v) is 1.68. The van der Waals surface area contributed by atoms with Crippen molar-refractivity contribution < 1.29 is 9.53 Å². The minimum Gasteiger partial charge on any atom is -0.492 e. The van der Waals surface area contributed by atoms with E-state index in [2.05, 4.69) is 19.2 Å². The molecule has 5 heteroatoms. The first kappa shape index (κ1) is 15.8. The molecule has 1 rings (SSSR count). The summed E-state index contributed by atoms with van der Waals surface area (Å²) in [5, 5.41) is 3.95. The van der Waals surface area contributed by atoms with Crippen LogP contribution in [-0.2, 0) is 11.3 Å². The number of hydrogen-bond acceptors (Lipinski definition) is 3. The lowest BCUT2D eigenvalue weighted by molar-refractivity contribution is -0.122. The van der Waals surface area contributed by atoms with Crippen LogP contribution in [0, 0.1) is 5.92 Å². The van der Waals surface area contributed by atoms with E-state index < -0.39 is 0 Å². The molecule has 0 aliphatic carbocycles. The predicted molar refractivity (Wildman–Crippen MR) is 77.3 cm³/mol. The van der Waals surface area contributed by atoms with E-state index in [9.17, 15) is 4.79 Å². The summed E-state index contributed by atoms with van der Waals surface area (Å²) in [5.74, 6) is -0.0116. The molecule has 0 radical (unpaired) electrons. The Labute approximate surface area is 119 Å². The van der Waals surface area contributed by atoms with Gasteiger partial charge in [-0.15, -0.1) is 0 Å². The second-order valence-corrected chi connectivity index (χ2v) is 5.27. The standard InChI is InChI=1S/C14H21ClN2O2/c1-9(2)17-7-11-12(15)5-4-6-13(11)19-8-10(3)14(16)18/h4-6,9-10,17H,7-8H2,1-3H3,(H2,16,18). The Morgan fingerprint density at radius 1 is 1.42 bits per heavy atom. The highest BCUT2D eigenvalue weighted by Gasteiger charge is 2.13. The fourth-order valence-electron chi connectivity index (χ4n) is 1.45. The van der Waals surface area contributed by atoms with Crippen molar-refractivity contribution in [3.8, 4) is 5.75 Å². The number of nitrogens with two attached hydrogens (primary N) is 1. The lowest BCUT2D eigenvalue weighted by Gasteiger charge is -2.16. The summed E-state index contributed by atoms with van der Waals surface area (Å²) >= 11 is 6.18. The molecule has 0 spiro atoms. The van der Waals surface area contributed by atoms with Gasteiger partial charge in [0.2, 0.25) is 5.91 Å². The van der Waals surface area contributed by atoms with Crippen molar-refractivity contribution >= 4 is 17.5 Å². The Bertz CT molecular complexity index is 435. The molecule has 19 heavy (non-hydrogen) atoms. The van der Waals surface area contributed by atoms with Crippen molar-refractivity contribution in [3.63, 3.8) is 0 Å². The van der Waals surface area contributed by atoms with Crippen LogP contribution >= 0.6 is 11.6 Å². The van der Waals surface area contributed by atoms with E-state index in [1.54, 1.807) is 6.92 Å². The number of benzene rings is 1. The van der Waals surface area contributed by atoms with E-state index in [0.717, 1.165) is 5.56 Å². The van der Waals surface area contributed by atoms with Gasteiger partial charge in [-0.3, -0.25) is 4.79 Å². The number of carbonyl (C=O) groups is 1. The zero-order valence-electron chi connectivity index (χ0n) is 11.6. The predicted octanol–water partition coefficient (Wildman–Crippen LogP) is 2.34. The number of hydrogen-bond donors (Lipinski definition) is 2. The molecule has 0 heterocycles. The molecule has 1 aromatic carbocycles. The summed E-state index contributed by atoms with van der Waals surface area (Å²) in [7, 11) is 0. The van der Waals surface area contributed by atoms with Crippen molar-refractivity contribution in [3.05, 3.63) is 28.8 Å². The molecule has 0 aliphatic rings. The molecule has 1 amide bonds. The van der Waals surface area contributed by atoms with Crippen LogP contribution < -0.4 is 15.8 Å². The van der Waals surface area contributed by atoms with E-state index in [-0.39, 0.29) is 18.4 Å². The lowest BCUT2D eigenvalue weighted by Crippen LogP contribution is -2.26. The fraction of sp³-hybridized carbons (Fsp3) is 0.500. The largest absolute Gasteiger partial charge is 0.492 e. The maximum atomic E-state index is 11.0. The van der Waals surface area contributed by atoms with Crippen LogP contribution in [0.1, 0.15) is 26.3 Å². The van der Waals surface area contributed by atoms with Gasteiger partial charge < -0.3 is 15.8 Å². The summed E-state index contributed by atoms with van der Waals surface area (Å²) in [6.07, 6.45) is 0. The molecule has 0 saturated carbocycles. The number of halogens is 1. The van der Waals surface area contributed by atoms with E-state index >= 15 is 0 Å². The summed E-state index contributed by atoms with van der Waals surface area (Å²) in [6.45, 7) is 6.74. The van der Waals surface area contributed by atoms with Gasteiger partial charge in [-0.25, -0.2) is 0 Å². The summed E-state index contributed by atoms with van der Waals surface area (Å²) in [4.78, 5) is 11.0. The Morgan fingerprint density at radius 2 is 2.11 bits per heavy atom. The van der Waals surface area contributed by atoms with Crippen LogP contribution in [-0.4, -0.2) is 18.6 Å². The van der Waals surface area contributed by atoms with Crippen LogP contribution in [0.2, 0.25) is 5.02 Å². The number of nitrogens with one attached hydrogen (secondary N) is 1. The quantitative estimate of drug-likeness (QED) is 0.808. The normalized spacial score (nSPS) is 12.5. The van der Waals surface area contributed by atoms with Gasteiger partial charge in [0.25, 0.3) is 0 Å². The summed E-state index contributed by atoms with van der Waals surface area (Å²) in [6, 6.07) is 5.85. The lowest BCUT2D eigenvalue weighted by atomic mass is 10.1. The highest BCUT2D eigenvalue weighted by molar-refractivity contribution is 6.31. The highest BCUT2D eigenvalue weighted by atomic mass is 35.5. The van der Waals surface area contributed by atoms with Gasteiger partial charge in [-0.05, 0) is 12.1 Å². The van der Waals surface area contributed by atoms with Gasteiger partial charge >= 0.3 is 0 Å². The molecule has 1 unspecified atom stereocenters. The zero-order valence-corrected chi connectivity index (χ0v) is 12.3. The maximum Gasteiger partial charge on any atom is 0.223 e. The third kappa shape index (κ3) is 5.09. The molecule has 0 aromatic heterocycles. The molecule has 3 N–H and O–H groups in total. The minimum absolute atomic E-state index is 0.254. The number of rotatable bonds is 7. The van der Waals surface area contributed by atoms with Crippen LogP contribution in [0.4, 0.5) is 0 Å². The van der Waals surface area contributed by atoms with Crippen LogP contribution in [0.15, 0.2) is 18.2 Å². The monoisotopic (exact) mass is 284 g/mol. The number of ether oxygens (including phenoxy) is 1. The van der Waals surface area contributed by atoms with Gasteiger partial charge in [-0.1, -0.05) is 38.4 Å². The van der Waals surface area contributed by atoms with Gasteiger partial charge in [0.05, 0.1) is 12.5 Å². The molecule has 0 saturated heterocycles. The van der Waals surface area contributed by atoms with Gasteiger partial charge in [0, 0.05) is 23.2 Å². The van der Waals surface area contributed by atoms with Crippen molar-refractivity contribution in [2.75, 3.05) is 6.61 Å². The highest BCUT2D eigenvalue weighted by Crippen LogP contribution is 2.26. The number of primary amides is 1. The van der Waals surface area contributed by atoms with E-state index in [4.69, 9.17) is 22.1 Å². The average Bonchev–Trinajstić information content (AvgIpc) is 2.34. The van der Waals surface area contributed by atoms with Crippen molar-refractivity contribution in [1.29, 1.82) is 0 Å².